The Kier molecular flexibility index (Phi) is 55.7. The summed E-state index contributed by atoms with van der Waals surface area (Å²) in [5.74, 6) is -1.19. The molecule has 478 valence electrons. The van der Waals surface area contributed by atoms with Crippen molar-refractivity contribution >= 4 is 11.9 Å². The van der Waals surface area contributed by atoms with Crippen molar-refractivity contribution in [3.05, 3.63) is 24.3 Å². The first-order valence-electron chi connectivity index (χ1n) is 35.1. The fourth-order valence-electron chi connectivity index (χ4n) is 11.3. The van der Waals surface area contributed by atoms with Gasteiger partial charge in [0.15, 0.2) is 12.4 Å². The topological polar surface area (TPSA) is 175 Å². The molecule has 1 aliphatic heterocycles. The number of allylic oxidation sites excluding steroid dienone is 3. The first kappa shape index (κ1) is 77.2. The summed E-state index contributed by atoms with van der Waals surface area (Å²) in [7, 11) is 0. The highest BCUT2D eigenvalue weighted by molar-refractivity contribution is 5.80. The Labute approximate surface area is 499 Å². The van der Waals surface area contributed by atoms with Crippen molar-refractivity contribution < 1.29 is 49.3 Å². The third-order valence-electron chi connectivity index (χ3n) is 16.9. The van der Waals surface area contributed by atoms with Crippen molar-refractivity contribution in [2.24, 2.45) is 0 Å². The van der Waals surface area contributed by atoms with Gasteiger partial charge in [0.05, 0.1) is 25.4 Å². The van der Waals surface area contributed by atoms with Crippen LogP contribution in [0.1, 0.15) is 348 Å². The summed E-state index contributed by atoms with van der Waals surface area (Å²) in [4.78, 5) is 26.6. The second-order valence-corrected chi connectivity index (χ2v) is 24.6. The fourth-order valence-corrected chi connectivity index (χ4v) is 11.3. The molecule has 1 heterocycles. The lowest BCUT2D eigenvalue weighted by Crippen LogP contribution is -2.61. The zero-order valence-corrected chi connectivity index (χ0v) is 53.2. The van der Waals surface area contributed by atoms with Gasteiger partial charge in [-0.2, -0.15) is 0 Å². The lowest BCUT2D eigenvalue weighted by atomic mass is 9.99. The van der Waals surface area contributed by atoms with Crippen molar-refractivity contribution in [1.29, 1.82) is 0 Å². The molecule has 1 rings (SSSR count). The van der Waals surface area contributed by atoms with Gasteiger partial charge in [-0.25, -0.2) is 0 Å². The predicted octanol–water partition coefficient (Wildman–Crippen LogP) is 17.6. The molecule has 6 N–H and O–H groups in total. The van der Waals surface area contributed by atoms with E-state index in [4.69, 9.17) is 14.2 Å². The number of nitrogens with one attached hydrogen (secondary N) is 1. The maximum absolute atomic E-state index is 13.5. The predicted molar refractivity (Wildman–Crippen MR) is 338 cm³/mol. The molecule has 0 saturated carbocycles. The van der Waals surface area contributed by atoms with Gasteiger partial charge in [0, 0.05) is 6.42 Å². The molecule has 0 bridgehead atoms. The molecule has 1 saturated heterocycles. The standard InChI is InChI=1S/C70H133NO10/c1-4-7-10-13-16-19-22-25-26-27-28-29-30-31-32-33-34-35-36-37-40-42-45-48-51-54-57-63(74)69(78)71-61(62(73)56-53-50-47-44-41-38-23-20-17-14-11-8-5-2)60-79-70-68(67(77)66(76)64(59-72)80-70)81-65(75)58-55-52-49-46-43-39-24-21-18-15-12-9-6-3/h39,43,53,56,61-64,66-68,70,72-74,76-77H,4-38,40-42,44-52,54-55,57-60H2,1-3H3,(H,71,78)/b43-39-,56-53+. The van der Waals surface area contributed by atoms with E-state index in [9.17, 15) is 35.1 Å². The highest BCUT2D eigenvalue weighted by atomic mass is 16.7. The van der Waals surface area contributed by atoms with Crippen LogP contribution in [0.5, 0.6) is 0 Å². The summed E-state index contributed by atoms with van der Waals surface area (Å²) in [6, 6.07) is -1.02. The Morgan fingerprint density at radius 2 is 0.815 bits per heavy atom. The summed E-state index contributed by atoms with van der Waals surface area (Å²) < 4.78 is 17.6. The Hall–Kier alpha value is -1.86. The summed E-state index contributed by atoms with van der Waals surface area (Å²) in [6.07, 6.45) is 59.5. The number of carbonyl (C=O) groups excluding carboxylic acids is 2. The van der Waals surface area contributed by atoms with E-state index < -0.39 is 67.4 Å². The van der Waals surface area contributed by atoms with Gasteiger partial charge in [0.25, 0.3) is 0 Å². The number of unbranched alkanes of at least 4 members (excludes halogenated alkanes) is 45. The smallest absolute Gasteiger partial charge is 0.306 e. The summed E-state index contributed by atoms with van der Waals surface area (Å²) in [5.41, 5.74) is 0. The van der Waals surface area contributed by atoms with Crippen molar-refractivity contribution in [2.45, 2.75) is 397 Å². The highest BCUT2D eigenvalue weighted by Gasteiger charge is 2.47. The number of amides is 1. The Balaban J connectivity index is 2.55. The number of aliphatic hydroxyl groups is 5. The first-order valence-corrected chi connectivity index (χ1v) is 35.1. The molecule has 1 aliphatic rings. The first-order chi connectivity index (χ1) is 39.7. The molecular formula is C70H133NO10. The summed E-state index contributed by atoms with van der Waals surface area (Å²) in [6.45, 7) is 5.82. The zero-order valence-electron chi connectivity index (χ0n) is 53.2. The van der Waals surface area contributed by atoms with Gasteiger partial charge >= 0.3 is 5.97 Å². The van der Waals surface area contributed by atoms with Gasteiger partial charge < -0.3 is 45.1 Å². The molecule has 0 aromatic carbocycles. The monoisotopic (exact) mass is 1150 g/mol. The van der Waals surface area contributed by atoms with E-state index in [0.29, 0.717) is 19.3 Å². The minimum absolute atomic E-state index is 0.107. The van der Waals surface area contributed by atoms with Crippen LogP contribution < -0.4 is 5.32 Å². The van der Waals surface area contributed by atoms with Crippen molar-refractivity contribution in [3.8, 4) is 0 Å². The van der Waals surface area contributed by atoms with Crippen molar-refractivity contribution in [1.82, 2.24) is 5.32 Å². The second kappa shape index (κ2) is 58.5. The van der Waals surface area contributed by atoms with E-state index in [2.05, 4.69) is 38.2 Å². The molecule has 8 atom stereocenters. The van der Waals surface area contributed by atoms with Gasteiger partial charge in [0.1, 0.15) is 24.4 Å². The maximum atomic E-state index is 13.5. The lowest BCUT2D eigenvalue weighted by molar-refractivity contribution is -0.305. The van der Waals surface area contributed by atoms with Crippen LogP contribution in [-0.4, -0.2) is 99.6 Å². The number of esters is 1. The van der Waals surface area contributed by atoms with E-state index in [1.165, 1.54) is 238 Å². The minimum atomic E-state index is -1.62. The van der Waals surface area contributed by atoms with Crippen LogP contribution in [0.4, 0.5) is 0 Å². The fraction of sp³-hybridized carbons (Fsp3) is 0.914. The Morgan fingerprint density at radius 1 is 0.469 bits per heavy atom. The molecule has 0 aliphatic carbocycles. The quantitative estimate of drug-likeness (QED) is 0.0195. The lowest BCUT2D eigenvalue weighted by Gasteiger charge is -2.41. The molecule has 11 nitrogen and oxygen atoms in total. The van der Waals surface area contributed by atoms with Gasteiger partial charge in [-0.05, 0) is 51.4 Å². The van der Waals surface area contributed by atoms with Crippen LogP contribution in [0.2, 0.25) is 0 Å². The van der Waals surface area contributed by atoms with Gasteiger partial charge in [-0.15, -0.1) is 0 Å². The summed E-state index contributed by atoms with van der Waals surface area (Å²) >= 11 is 0. The largest absolute Gasteiger partial charge is 0.454 e. The summed E-state index contributed by atoms with van der Waals surface area (Å²) in [5, 5.41) is 57.1. The van der Waals surface area contributed by atoms with Gasteiger partial charge in [-0.1, -0.05) is 315 Å². The molecule has 0 aromatic rings. The van der Waals surface area contributed by atoms with E-state index in [0.717, 1.165) is 64.2 Å². The van der Waals surface area contributed by atoms with Crippen LogP contribution in [0.3, 0.4) is 0 Å². The van der Waals surface area contributed by atoms with Crippen molar-refractivity contribution in [3.63, 3.8) is 0 Å². The van der Waals surface area contributed by atoms with E-state index in [1.807, 2.05) is 6.08 Å². The van der Waals surface area contributed by atoms with Gasteiger partial charge in [-0.3, -0.25) is 9.59 Å². The van der Waals surface area contributed by atoms with Crippen molar-refractivity contribution in [2.75, 3.05) is 13.2 Å². The molecule has 0 spiro atoms. The highest BCUT2D eigenvalue weighted by Crippen LogP contribution is 2.26. The molecule has 81 heavy (non-hydrogen) atoms. The van der Waals surface area contributed by atoms with Crippen LogP contribution >= 0.6 is 0 Å². The normalized spacial score (nSPS) is 18.7. The SMILES string of the molecule is CCCCCCCC/C=C\CCCCCC(=O)OC1C(OCC(NC(=O)C(O)CCCCCCCCCCCCCCCCCCCCCCCCCCCC)C(O)/C=C/CCCCCCCCCCCCC)OC(CO)C(O)C1O. The van der Waals surface area contributed by atoms with Crippen LogP contribution in [-0.2, 0) is 23.8 Å². The molecule has 0 aromatic heterocycles. The number of hydrogen-bond donors (Lipinski definition) is 6. The molecule has 1 fully saturated rings. The maximum Gasteiger partial charge on any atom is 0.306 e. The van der Waals surface area contributed by atoms with E-state index in [1.54, 1.807) is 6.08 Å². The Morgan fingerprint density at radius 3 is 1.20 bits per heavy atom. The number of rotatable bonds is 61. The number of hydrogen-bond acceptors (Lipinski definition) is 10. The molecule has 8 unspecified atom stereocenters. The van der Waals surface area contributed by atoms with Gasteiger partial charge in [0.2, 0.25) is 5.91 Å². The molecule has 11 heteroatoms. The average molecular weight is 1150 g/mol. The van der Waals surface area contributed by atoms with Crippen LogP contribution in [0.15, 0.2) is 24.3 Å². The zero-order chi connectivity index (χ0) is 58.9. The second-order valence-electron chi connectivity index (χ2n) is 24.6. The number of ether oxygens (including phenoxy) is 3. The minimum Gasteiger partial charge on any atom is -0.454 e. The Bertz CT molecular complexity index is 1410. The average Bonchev–Trinajstić information content (AvgIpc) is 3.50. The molecular weight excluding hydrogens is 1010 g/mol. The molecule has 1 amide bonds. The molecule has 0 radical (unpaired) electrons. The number of aliphatic hydroxyl groups excluding tert-OH is 5. The number of carbonyl (C=O) groups is 2. The van der Waals surface area contributed by atoms with Crippen LogP contribution in [0.25, 0.3) is 0 Å². The van der Waals surface area contributed by atoms with E-state index in [-0.39, 0.29) is 13.0 Å². The van der Waals surface area contributed by atoms with E-state index >= 15 is 0 Å². The third kappa shape index (κ3) is 46.1. The third-order valence-corrected chi connectivity index (χ3v) is 16.9. The van der Waals surface area contributed by atoms with Crippen LogP contribution in [0, 0.1) is 0 Å².